The fourth-order valence-electron chi connectivity index (χ4n) is 3.89. The minimum absolute atomic E-state index is 0.0767. The number of hydrogen-bond donors (Lipinski definition) is 1. The molecule has 0 radical (unpaired) electrons. The zero-order valence-electron chi connectivity index (χ0n) is 19.2. The lowest BCUT2D eigenvalue weighted by atomic mass is 9.97. The van der Waals surface area contributed by atoms with Crippen molar-refractivity contribution in [3.63, 3.8) is 0 Å². The molecule has 3 rings (SSSR count). The second-order valence-electron chi connectivity index (χ2n) is 8.18. The van der Waals surface area contributed by atoms with Crippen molar-refractivity contribution in [2.45, 2.75) is 44.0 Å². The van der Waals surface area contributed by atoms with Gasteiger partial charge < -0.3 is 10.1 Å². The molecule has 0 saturated carbocycles. The van der Waals surface area contributed by atoms with Crippen LogP contribution in [0, 0.1) is 0 Å². The Kier molecular flexibility index (Phi) is 7.92. The van der Waals surface area contributed by atoms with Crippen LogP contribution in [0.15, 0.2) is 53.4 Å². The van der Waals surface area contributed by atoms with Crippen molar-refractivity contribution < 1.29 is 17.9 Å². The van der Waals surface area contributed by atoms with Gasteiger partial charge in [-0.15, -0.1) is 0 Å². The minimum Gasteiger partial charge on any atom is -0.497 e. The molecule has 2 aromatic rings. The van der Waals surface area contributed by atoms with Crippen LogP contribution in [-0.4, -0.2) is 62.9 Å². The molecule has 2 atom stereocenters. The van der Waals surface area contributed by atoms with Gasteiger partial charge in [0.05, 0.1) is 18.0 Å². The van der Waals surface area contributed by atoms with Crippen LogP contribution >= 0.6 is 0 Å². The van der Waals surface area contributed by atoms with Crippen LogP contribution in [-0.2, 0) is 14.8 Å². The molecule has 1 aliphatic rings. The molecule has 1 amide bonds. The van der Waals surface area contributed by atoms with E-state index in [0.29, 0.717) is 37.8 Å². The van der Waals surface area contributed by atoms with Gasteiger partial charge in [0.25, 0.3) is 0 Å². The third kappa shape index (κ3) is 5.31. The second-order valence-corrected chi connectivity index (χ2v) is 10.1. The molecule has 0 aromatic heterocycles. The lowest BCUT2D eigenvalue weighted by Gasteiger charge is -2.36. The van der Waals surface area contributed by atoms with Crippen molar-refractivity contribution in [1.82, 2.24) is 9.21 Å². The molecule has 1 aliphatic heterocycles. The standard InChI is InChI=1S/C24H33N3O4S/c1-5-18(2)22-8-6-7-9-23(22)25-24(28)19(3)26-14-16-27(17-15-26)32(29,30)21-12-10-20(31-4)11-13-21/h6-13,18-19H,5,14-17H2,1-4H3,(H,25,28)/t18-,19-/m0/s1. The van der Waals surface area contributed by atoms with Crippen LogP contribution in [0.1, 0.15) is 38.7 Å². The normalized spacial score (nSPS) is 17.5. The number of amides is 1. The highest BCUT2D eigenvalue weighted by Crippen LogP contribution is 2.27. The Morgan fingerprint density at radius 1 is 1.03 bits per heavy atom. The molecule has 174 valence electrons. The summed E-state index contributed by atoms with van der Waals surface area (Å²) in [7, 11) is -2.03. The Hall–Kier alpha value is -2.42. The number of methoxy groups -OCH3 is 1. The molecule has 1 fully saturated rings. The van der Waals surface area contributed by atoms with E-state index in [4.69, 9.17) is 4.74 Å². The summed E-state index contributed by atoms with van der Waals surface area (Å²) in [4.78, 5) is 15.2. The van der Waals surface area contributed by atoms with Crippen LogP contribution in [0.2, 0.25) is 0 Å². The summed E-state index contributed by atoms with van der Waals surface area (Å²) in [6.07, 6.45) is 0.993. The lowest BCUT2D eigenvalue weighted by molar-refractivity contribution is -0.121. The van der Waals surface area contributed by atoms with Gasteiger partial charge in [0.2, 0.25) is 15.9 Å². The number of carbonyl (C=O) groups is 1. The number of hydrogen-bond acceptors (Lipinski definition) is 5. The molecule has 1 heterocycles. The van der Waals surface area contributed by atoms with E-state index in [1.165, 1.54) is 4.31 Å². The molecule has 1 saturated heterocycles. The van der Waals surface area contributed by atoms with Crippen molar-refractivity contribution in [1.29, 1.82) is 0 Å². The first kappa shape index (κ1) is 24.2. The monoisotopic (exact) mass is 459 g/mol. The maximum atomic E-state index is 13.0. The van der Waals surface area contributed by atoms with E-state index in [0.717, 1.165) is 17.7 Å². The number of nitrogens with zero attached hydrogens (tertiary/aromatic N) is 2. The zero-order chi connectivity index (χ0) is 23.3. The van der Waals surface area contributed by atoms with E-state index < -0.39 is 10.0 Å². The quantitative estimate of drug-likeness (QED) is 0.653. The Balaban J connectivity index is 1.61. The number of anilines is 1. The number of ether oxygens (including phenoxy) is 1. The van der Waals surface area contributed by atoms with E-state index in [1.54, 1.807) is 31.4 Å². The molecule has 7 nitrogen and oxygen atoms in total. The average molecular weight is 460 g/mol. The SMILES string of the molecule is CC[C@H](C)c1ccccc1NC(=O)[C@H](C)N1CCN(S(=O)(=O)c2ccc(OC)cc2)CC1. The van der Waals surface area contributed by atoms with Crippen LogP contribution in [0.4, 0.5) is 5.69 Å². The van der Waals surface area contributed by atoms with Gasteiger partial charge in [-0.2, -0.15) is 4.31 Å². The summed E-state index contributed by atoms with van der Waals surface area (Å²) in [5.41, 5.74) is 1.98. The average Bonchev–Trinajstić information content (AvgIpc) is 2.83. The third-order valence-corrected chi connectivity index (χ3v) is 8.17. The maximum absolute atomic E-state index is 13.0. The molecule has 0 spiro atoms. The van der Waals surface area contributed by atoms with Gasteiger partial charge in [0.15, 0.2) is 0 Å². The van der Waals surface area contributed by atoms with Crippen molar-refractivity contribution in [2.24, 2.45) is 0 Å². The molecule has 0 bridgehead atoms. The number of nitrogens with one attached hydrogen (secondary N) is 1. The third-order valence-electron chi connectivity index (χ3n) is 6.26. The molecular weight excluding hydrogens is 426 g/mol. The number of carbonyl (C=O) groups excluding carboxylic acids is 1. The Morgan fingerprint density at radius 2 is 1.66 bits per heavy atom. The summed E-state index contributed by atoms with van der Waals surface area (Å²) in [6.45, 7) is 7.83. The predicted octanol–water partition coefficient (Wildman–Crippen LogP) is 3.54. The van der Waals surface area contributed by atoms with Gasteiger partial charge in [-0.1, -0.05) is 32.0 Å². The van der Waals surface area contributed by atoms with Gasteiger partial charge in [0, 0.05) is 31.9 Å². The Labute approximate surface area is 191 Å². The van der Waals surface area contributed by atoms with E-state index >= 15 is 0 Å². The van der Waals surface area contributed by atoms with Gasteiger partial charge in [0.1, 0.15) is 5.75 Å². The van der Waals surface area contributed by atoms with Crippen LogP contribution in [0.3, 0.4) is 0 Å². The topological polar surface area (TPSA) is 79.0 Å². The first-order chi connectivity index (χ1) is 15.3. The smallest absolute Gasteiger partial charge is 0.243 e. The fraction of sp³-hybridized carbons (Fsp3) is 0.458. The molecule has 32 heavy (non-hydrogen) atoms. The number of rotatable bonds is 8. The maximum Gasteiger partial charge on any atom is 0.243 e. The van der Waals surface area contributed by atoms with Gasteiger partial charge in [-0.25, -0.2) is 8.42 Å². The highest BCUT2D eigenvalue weighted by molar-refractivity contribution is 7.89. The van der Waals surface area contributed by atoms with E-state index in [2.05, 4.69) is 25.2 Å². The summed E-state index contributed by atoms with van der Waals surface area (Å²) >= 11 is 0. The summed E-state index contributed by atoms with van der Waals surface area (Å²) in [5.74, 6) is 0.893. The molecule has 8 heteroatoms. The van der Waals surface area contributed by atoms with Crippen LogP contribution in [0.5, 0.6) is 5.75 Å². The molecule has 0 unspecified atom stereocenters. The Morgan fingerprint density at radius 3 is 2.25 bits per heavy atom. The highest BCUT2D eigenvalue weighted by atomic mass is 32.2. The van der Waals surface area contributed by atoms with Crippen LogP contribution in [0.25, 0.3) is 0 Å². The first-order valence-electron chi connectivity index (χ1n) is 11.1. The first-order valence-corrected chi connectivity index (χ1v) is 12.5. The largest absolute Gasteiger partial charge is 0.497 e. The fourth-order valence-corrected chi connectivity index (χ4v) is 5.31. The van der Waals surface area contributed by atoms with Crippen molar-refractivity contribution in [3.8, 4) is 5.75 Å². The van der Waals surface area contributed by atoms with E-state index in [1.807, 2.05) is 30.0 Å². The Bertz CT molecular complexity index is 1020. The molecule has 2 aromatic carbocycles. The molecule has 1 N–H and O–H groups in total. The summed E-state index contributed by atoms with van der Waals surface area (Å²) < 4.78 is 32.5. The number of sulfonamides is 1. The van der Waals surface area contributed by atoms with Gasteiger partial charge in [-0.3, -0.25) is 9.69 Å². The van der Waals surface area contributed by atoms with Gasteiger partial charge in [-0.05, 0) is 55.2 Å². The molecule has 0 aliphatic carbocycles. The van der Waals surface area contributed by atoms with Crippen molar-refractivity contribution in [3.05, 3.63) is 54.1 Å². The highest BCUT2D eigenvalue weighted by Gasteiger charge is 2.32. The minimum atomic E-state index is -3.57. The molecular formula is C24H33N3O4S. The van der Waals surface area contributed by atoms with Crippen molar-refractivity contribution >= 4 is 21.6 Å². The lowest BCUT2D eigenvalue weighted by Crippen LogP contribution is -2.53. The number of para-hydroxylation sites is 1. The number of piperazine rings is 1. The van der Waals surface area contributed by atoms with Crippen molar-refractivity contribution in [2.75, 3.05) is 38.6 Å². The van der Waals surface area contributed by atoms with E-state index in [-0.39, 0.29) is 16.8 Å². The second kappa shape index (κ2) is 10.5. The summed E-state index contributed by atoms with van der Waals surface area (Å²) in [5, 5.41) is 3.08. The van der Waals surface area contributed by atoms with Gasteiger partial charge >= 0.3 is 0 Å². The predicted molar refractivity (Wildman–Crippen MR) is 127 cm³/mol. The number of benzene rings is 2. The summed E-state index contributed by atoms with van der Waals surface area (Å²) in [6, 6.07) is 14.0. The zero-order valence-corrected chi connectivity index (χ0v) is 20.1. The van der Waals surface area contributed by atoms with E-state index in [9.17, 15) is 13.2 Å². The van der Waals surface area contributed by atoms with Crippen LogP contribution < -0.4 is 10.1 Å².